The third kappa shape index (κ3) is 2.81. The van der Waals surface area contributed by atoms with Gasteiger partial charge in [0.2, 0.25) is 5.88 Å². The quantitative estimate of drug-likeness (QED) is 0.803. The molecular weight excluding hydrogens is 226 g/mol. The lowest BCUT2D eigenvalue weighted by Gasteiger charge is -2.23. The second-order valence-corrected chi connectivity index (χ2v) is 4.79. The molecule has 1 fully saturated rings. The van der Waals surface area contributed by atoms with Gasteiger partial charge in [0.15, 0.2) is 0 Å². The molecule has 1 saturated carbocycles. The van der Waals surface area contributed by atoms with Crippen molar-refractivity contribution < 1.29 is 4.74 Å². The molecule has 2 rings (SSSR count). The molecule has 3 N–H and O–H groups in total. The van der Waals surface area contributed by atoms with Crippen LogP contribution in [0, 0.1) is 5.41 Å². The van der Waals surface area contributed by atoms with E-state index >= 15 is 0 Å². The standard InChI is InChI=1S/C14H21N3O/c1-2-11(15)13-12(16)8-9-17-14(13)18-10-6-4-3-5-7-10/h8-10,15H,2-7H2,1H3,(H2,16,17). The number of aromatic nitrogens is 1. The van der Waals surface area contributed by atoms with E-state index in [1.165, 1.54) is 19.3 Å². The van der Waals surface area contributed by atoms with Crippen molar-refractivity contribution in [1.29, 1.82) is 5.41 Å². The van der Waals surface area contributed by atoms with E-state index in [0.717, 1.165) is 12.8 Å². The van der Waals surface area contributed by atoms with Crippen molar-refractivity contribution in [3.8, 4) is 5.88 Å². The molecule has 98 valence electrons. The fraction of sp³-hybridized carbons (Fsp3) is 0.571. The average Bonchev–Trinajstić information content (AvgIpc) is 2.39. The highest BCUT2D eigenvalue weighted by Gasteiger charge is 2.19. The number of ether oxygens (including phenoxy) is 1. The van der Waals surface area contributed by atoms with E-state index in [4.69, 9.17) is 15.9 Å². The summed E-state index contributed by atoms with van der Waals surface area (Å²) in [6.07, 6.45) is 8.40. The molecule has 4 heteroatoms. The van der Waals surface area contributed by atoms with Crippen molar-refractivity contribution in [2.75, 3.05) is 5.73 Å². The molecular formula is C14H21N3O. The molecule has 0 bridgehead atoms. The van der Waals surface area contributed by atoms with Gasteiger partial charge in [0.25, 0.3) is 0 Å². The molecule has 4 nitrogen and oxygen atoms in total. The Morgan fingerprint density at radius 1 is 1.44 bits per heavy atom. The lowest BCUT2D eigenvalue weighted by Crippen LogP contribution is -2.22. The Morgan fingerprint density at radius 2 is 2.17 bits per heavy atom. The van der Waals surface area contributed by atoms with Gasteiger partial charge in [-0.1, -0.05) is 13.3 Å². The molecule has 1 heterocycles. The number of nitrogens with two attached hydrogens (primary N) is 1. The van der Waals surface area contributed by atoms with Crippen molar-refractivity contribution in [1.82, 2.24) is 4.98 Å². The van der Waals surface area contributed by atoms with Crippen LogP contribution in [-0.4, -0.2) is 16.8 Å². The van der Waals surface area contributed by atoms with E-state index in [-0.39, 0.29) is 6.10 Å². The fourth-order valence-electron chi connectivity index (χ4n) is 2.37. The second-order valence-electron chi connectivity index (χ2n) is 4.79. The van der Waals surface area contributed by atoms with Gasteiger partial charge in [-0.25, -0.2) is 4.98 Å². The number of rotatable bonds is 4. The predicted octanol–water partition coefficient (Wildman–Crippen LogP) is 3.15. The summed E-state index contributed by atoms with van der Waals surface area (Å²) in [5.74, 6) is 0.536. The largest absolute Gasteiger partial charge is 0.474 e. The maximum Gasteiger partial charge on any atom is 0.224 e. The molecule has 0 aliphatic heterocycles. The third-order valence-electron chi connectivity index (χ3n) is 3.43. The third-order valence-corrected chi connectivity index (χ3v) is 3.43. The fourth-order valence-corrected chi connectivity index (χ4v) is 2.37. The molecule has 1 aliphatic carbocycles. The molecule has 0 saturated heterocycles. The normalized spacial score (nSPS) is 16.5. The molecule has 0 radical (unpaired) electrons. The van der Waals surface area contributed by atoms with Gasteiger partial charge < -0.3 is 15.9 Å². The monoisotopic (exact) mass is 247 g/mol. The summed E-state index contributed by atoms with van der Waals surface area (Å²) in [4.78, 5) is 4.26. The Morgan fingerprint density at radius 3 is 2.83 bits per heavy atom. The maximum absolute atomic E-state index is 7.98. The molecule has 0 spiro atoms. The number of hydrogen-bond donors (Lipinski definition) is 2. The van der Waals surface area contributed by atoms with E-state index in [2.05, 4.69) is 4.98 Å². The van der Waals surface area contributed by atoms with Crippen LogP contribution in [0.3, 0.4) is 0 Å². The lowest BCUT2D eigenvalue weighted by atomic mass is 9.97. The van der Waals surface area contributed by atoms with E-state index in [9.17, 15) is 0 Å². The lowest BCUT2D eigenvalue weighted by molar-refractivity contribution is 0.148. The first-order chi connectivity index (χ1) is 8.72. The number of nitrogens with one attached hydrogen (secondary N) is 1. The summed E-state index contributed by atoms with van der Waals surface area (Å²) in [5, 5.41) is 7.98. The highest BCUT2D eigenvalue weighted by Crippen LogP contribution is 2.28. The van der Waals surface area contributed by atoms with E-state index in [1.54, 1.807) is 12.3 Å². The number of hydrogen-bond acceptors (Lipinski definition) is 4. The Kier molecular flexibility index (Phi) is 4.18. The van der Waals surface area contributed by atoms with Crippen LogP contribution in [0.4, 0.5) is 5.69 Å². The topological polar surface area (TPSA) is 72.0 Å². The Labute approximate surface area is 108 Å². The average molecular weight is 247 g/mol. The van der Waals surface area contributed by atoms with Gasteiger partial charge in [0.05, 0.1) is 5.56 Å². The number of nitrogen functional groups attached to an aromatic ring is 1. The molecule has 18 heavy (non-hydrogen) atoms. The van der Waals surface area contributed by atoms with Gasteiger partial charge in [0.1, 0.15) is 6.10 Å². The smallest absolute Gasteiger partial charge is 0.224 e. The first-order valence-electron chi connectivity index (χ1n) is 6.71. The van der Waals surface area contributed by atoms with E-state index < -0.39 is 0 Å². The zero-order valence-corrected chi connectivity index (χ0v) is 10.9. The Hall–Kier alpha value is -1.58. The van der Waals surface area contributed by atoms with Crippen LogP contribution < -0.4 is 10.5 Å². The van der Waals surface area contributed by atoms with Crippen LogP contribution in [0.2, 0.25) is 0 Å². The van der Waals surface area contributed by atoms with Gasteiger partial charge in [-0.3, -0.25) is 0 Å². The first-order valence-corrected chi connectivity index (χ1v) is 6.71. The van der Waals surface area contributed by atoms with Crippen LogP contribution in [0.15, 0.2) is 12.3 Å². The second kappa shape index (κ2) is 5.85. The summed E-state index contributed by atoms with van der Waals surface area (Å²) < 4.78 is 5.96. The van der Waals surface area contributed by atoms with Crippen molar-refractivity contribution in [3.63, 3.8) is 0 Å². The van der Waals surface area contributed by atoms with E-state index in [1.807, 2.05) is 6.92 Å². The summed E-state index contributed by atoms with van der Waals surface area (Å²) in [5.41, 5.74) is 7.69. The van der Waals surface area contributed by atoms with Gasteiger partial charge in [-0.2, -0.15) is 0 Å². The van der Waals surface area contributed by atoms with Gasteiger partial charge >= 0.3 is 0 Å². The minimum atomic E-state index is 0.233. The van der Waals surface area contributed by atoms with E-state index in [0.29, 0.717) is 29.3 Å². The Balaban J connectivity index is 2.20. The number of pyridine rings is 1. The highest BCUT2D eigenvalue weighted by molar-refractivity contribution is 6.04. The first kappa shape index (κ1) is 12.9. The van der Waals surface area contributed by atoms with Crippen LogP contribution in [0.25, 0.3) is 0 Å². The molecule has 0 unspecified atom stereocenters. The number of anilines is 1. The van der Waals surface area contributed by atoms with Crippen LogP contribution in [-0.2, 0) is 0 Å². The predicted molar refractivity (Wildman–Crippen MR) is 73.3 cm³/mol. The Bertz CT molecular complexity index is 425. The van der Waals surface area contributed by atoms with Crippen LogP contribution in [0.5, 0.6) is 5.88 Å². The summed E-state index contributed by atoms with van der Waals surface area (Å²) in [6.45, 7) is 1.94. The molecule has 0 aromatic carbocycles. The summed E-state index contributed by atoms with van der Waals surface area (Å²) in [6, 6.07) is 1.73. The van der Waals surface area contributed by atoms with Gasteiger partial charge in [0, 0.05) is 17.6 Å². The van der Waals surface area contributed by atoms with Crippen molar-refractivity contribution in [2.24, 2.45) is 0 Å². The van der Waals surface area contributed by atoms with Crippen molar-refractivity contribution in [2.45, 2.75) is 51.6 Å². The molecule has 1 aromatic heterocycles. The van der Waals surface area contributed by atoms with Crippen molar-refractivity contribution in [3.05, 3.63) is 17.8 Å². The summed E-state index contributed by atoms with van der Waals surface area (Å²) in [7, 11) is 0. The van der Waals surface area contributed by atoms with Crippen LogP contribution in [0.1, 0.15) is 51.0 Å². The molecule has 0 atom stereocenters. The summed E-state index contributed by atoms with van der Waals surface area (Å²) >= 11 is 0. The minimum absolute atomic E-state index is 0.233. The zero-order valence-electron chi connectivity index (χ0n) is 10.9. The van der Waals surface area contributed by atoms with Gasteiger partial charge in [-0.15, -0.1) is 0 Å². The SMILES string of the molecule is CCC(=N)c1c(N)ccnc1OC1CCCCC1. The molecule has 1 aromatic rings. The highest BCUT2D eigenvalue weighted by atomic mass is 16.5. The minimum Gasteiger partial charge on any atom is -0.474 e. The maximum atomic E-state index is 7.98. The van der Waals surface area contributed by atoms with Gasteiger partial charge in [-0.05, 0) is 38.2 Å². The molecule has 0 amide bonds. The van der Waals surface area contributed by atoms with Crippen molar-refractivity contribution >= 4 is 11.4 Å². The van der Waals surface area contributed by atoms with Crippen LogP contribution >= 0.6 is 0 Å². The molecule has 1 aliphatic rings. The number of nitrogens with zero attached hydrogens (tertiary/aromatic N) is 1. The zero-order chi connectivity index (χ0) is 13.0.